The summed E-state index contributed by atoms with van der Waals surface area (Å²) in [6.07, 6.45) is -3.51. The summed E-state index contributed by atoms with van der Waals surface area (Å²) >= 11 is 0.636. The smallest absolute Gasteiger partial charge is 0.351 e. The highest BCUT2D eigenvalue weighted by molar-refractivity contribution is 7.15. The van der Waals surface area contributed by atoms with Crippen molar-refractivity contribution in [1.29, 1.82) is 0 Å². The van der Waals surface area contributed by atoms with Crippen molar-refractivity contribution in [3.63, 3.8) is 0 Å². The van der Waals surface area contributed by atoms with Gasteiger partial charge in [0.25, 0.3) is 5.91 Å². The third-order valence-electron chi connectivity index (χ3n) is 4.37. The Morgan fingerprint density at radius 1 is 1.15 bits per heavy atom. The molecule has 1 aliphatic heterocycles. The van der Waals surface area contributed by atoms with Crippen LogP contribution in [0.3, 0.4) is 0 Å². The maximum absolute atomic E-state index is 12.7. The van der Waals surface area contributed by atoms with Crippen molar-refractivity contribution in [3.8, 4) is 0 Å². The first-order chi connectivity index (χ1) is 12.4. The zero-order valence-corrected chi connectivity index (χ0v) is 14.4. The predicted molar refractivity (Wildman–Crippen MR) is 93.5 cm³/mol. The maximum Gasteiger partial charge on any atom is 0.427 e. The van der Waals surface area contributed by atoms with Crippen LogP contribution < -0.4 is 4.90 Å². The van der Waals surface area contributed by atoms with Gasteiger partial charge in [-0.25, -0.2) is 4.98 Å². The van der Waals surface area contributed by atoms with Crippen molar-refractivity contribution in [3.05, 3.63) is 47.1 Å². The molecule has 1 aromatic carbocycles. The Hall–Kier alpha value is -2.55. The molecular weight excluding hydrogens is 365 g/mol. The number of halogens is 3. The molecule has 1 aliphatic rings. The summed E-state index contributed by atoms with van der Waals surface area (Å²) in [5.74, 6) is -0.101. The van der Waals surface area contributed by atoms with E-state index in [0.29, 0.717) is 48.3 Å². The van der Waals surface area contributed by atoms with Crippen molar-refractivity contribution >= 4 is 33.3 Å². The van der Waals surface area contributed by atoms with Gasteiger partial charge in [-0.1, -0.05) is 29.5 Å². The first-order valence-electron chi connectivity index (χ1n) is 8.07. The minimum atomic E-state index is -4.37. The van der Waals surface area contributed by atoms with Crippen LogP contribution in [0, 0.1) is 0 Å². The average Bonchev–Trinajstić information content (AvgIpc) is 3.28. The monoisotopic (exact) mass is 380 g/mol. The van der Waals surface area contributed by atoms with Gasteiger partial charge in [0.1, 0.15) is 10.6 Å². The summed E-state index contributed by atoms with van der Waals surface area (Å²) in [5.41, 5.74) is 1.42. The highest BCUT2D eigenvalue weighted by Gasteiger charge is 2.34. The number of H-pyrrole nitrogens is 1. The number of alkyl halides is 3. The summed E-state index contributed by atoms with van der Waals surface area (Å²) in [6.45, 7) is 1.79. The lowest BCUT2D eigenvalue weighted by molar-refractivity contribution is -0.134. The molecule has 1 saturated heterocycles. The molecule has 0 atom stereocenters. The van der Waals surface area contributed by atoms with Gasteiger partial charge in [-0.15, -0.1) is 0 Å². The van der Waals surface area contributed by atoms with E-state index in [1.165, 1.54) is 0 Å². The standard InChI is InChI=1S/C17H15F3N4OS/c18-17(19,20)14-10-21-16(26-14)24-7-5-23(6-8-24)15(25)13-9-11-3-1-2-4-12(11)22-13/h1-4,9-10,22H,5-8H2. The van der Waals surface area contributed by atoms with Gasteiger partial charge in [0.2, 0.25) is 0 Å². The Morgan fingerprint density at radius 3 is 2.54 bits per heavy atom. The van der Waals surface area contributed by atoms with E-state index in [1.807, 2.05) is 30.3 Å². The molecule has 0 spiro atoms. The molecule has 1 N–H and O–H groups in total. The molecule has 26 heavy (non-hydrogen) atoms. The maximum atomic E-state index is 12.7. The predicted octanol–water partition coefficient (Wildman–Crippen LogP) is 3.61. The van der Waals surface area contributed by atoms with Gasteiger partial charge in [0.15, 0.2) is 5.13 Å². The van der Waals surface area contributed by atoms with E-state index in [4.69, 9.17) is 0 Å². The second-order valence-corrected chi connectivity index (χ2v) is 7.06. The molecule has 0 bridgehead atoms. The number of carbonyl (C=O) groups is 1. The lowest BCUT2D eigenvalue weighted by Crippen LogP contribution is -2.48. The fourth-order valence-electron chi connectivity index (χ4n) is 3.00. The SMILES string of the molecule is O=C(c1cc2ccccc2[nH]1)N1CCN(c2ncc(C(F)(F)F)s2)CC1. The first-order valence-corrected chi connectivity index (χ1v) is 8.88. The summed E-state index contributed by atoms with van der Waals surface area (Å²) in [5, 5.41) is 1.31. The van der Waals surface area contributed by atoms with E-state index >= 15 is 0 Å². The topological polar surface area (TPSA) is 52.2 Å². The molecule has 0 aliphatic carbocycles. The molecule has 0 unspecified atom stereocenters. The molecule has 3 aromatic rings. The zero-order chi connectivity index (χ0) is 18.3. The van der Waals surface area contributed by atoms with E-state index in [0.717, 1.165) is 17.1 Å². The number of fused-ring (bicyclic) bond motifs is 1. The van der Waals surface area contributed by atoms with Crippen LogP contribution in [-0.4, -0.2) is 47.0 Å². The minimum Gasteiger partial charge on any atom is -0.351 e. The number of para-hydroxylation sites is 1. The van der Waals surface area contributed by atoms with Crippen LogP contribution in [0.15, 0.2) is 36.5 Å². The number of aromatic amines is 1. The number of nitrogens with one attached hydrogen (secondary N) is 1. The van der Waals surface area contributed by atoms with E-state index in [9.17, 15) is 18.0 Å². The number of hydrogen-bond acceptors (Lipinski definition) is 4. The van der Waals surface area contributed by atoms with E-state index in [-0.39, 0.29) is 5.91 Å². The number of anilines is 1. The number of aromatic nitrogens is 2. The van der Waals surface area contributed by atoms with Crippen LogP contribution in [0.2, 0.25) is 0 Å². The fourth-order valence-corrected chi connectivity index (χ4v) is 3.84. The Labute approximate surface area is 151 Å². The van der Waals surface area contributed by atoms with Crippen LogP contribution in [-0.2, 0) is 6.18 Å². The lowest BCUT2D eigenvalue weighted by Gasteiger charge is -2.34. The summed E-state index contributed by atoms with van der Waals surface area (Å²) in [7, 11) is 0. The normalized spacial score (nSPS) is 15.7. The number of carbonyl (C=O) groups excluding carboxylic acids is 1. The highest BCUT2D eigenvalue weighted by atomic mass is 32.1. The quantitative estimate of drug-likeness (QED) is 0.739. The van der Waals surface area contributed by atoms with Crippen LogP contribution >= 0.6 is 11.3 Å². The number of piperazine rings is 1. The van der Waals surface area contributed by atoms with Crippen LogP contribution in [0.1, 0.15) is 15.4 Å². The van der Waals surface area contributed by atoms with Crippen molar-refractivity contribution in [2.45, 2.75) is 6.18 Å². The zero-order valence-electron chi connectivity index (χ0n) is 13.6. The van der Waals surface area contributed by atoms with E-state index in [2.05, 4.69) is 9.97 Å². The molecule has 0 saturated carbocycles. The number of amides is 1. The van der Waals surface area contributed by atoms with Gasteiger partial charge in [-0.3, -0.25) is 4.79 Å². The lowest BCUT2D eigenvalue weighted by atomic mass is 10.2. The van der Waals surface area contributed by atoms with Crippen molar-refractivity contribution in [1.82, 2.24) is 14.9 Å². The molecule has 4 rings (SSSR count). The van der Waals surface area contributed by atoms with Crippen LogP contribution in [0.25, 0.3) is 10.9 Å². The van der Waals surface area contributed by atoms with Crippen molar-refractivity contribution < 1.29 is 18.0 Å². The highest BCUT2D eigenvalue weighted by Crippen LogP contribution is 2.36. The van der Waals surface area contributed by atoms with Crippen molar-refractivity contribution in [2.75, 3.05) is 31.1 Å². The minimum absolute atomic E-state index is 0.101. The van der Waals surface area contributed by atoms with E-state index < -0.39 is 11.1 Å². The molecule has 9 heteroatoms. The summed E-state index contributed by atoms with van der Waals surface area (Å²) in [4.78, 5) is 22.4. The van der Waals surface area contributed by atoms with Gasteiger partial charge in [-0.05, 0) is 12.1 Å². The summed E-state index contributed by atoms with van der Waals surface area (Å²) in [6, 6.07) is 9.47. The molecule has 0 radical (unpaired) electrons. The number of hydrogen-bond donors (Lipinski definition) is 1. The molecule has 5 nitrogen and oxygen atoms in total. The second kappa shape index (κ2) is 6.31. The molecular formula is C17H15F3N4OS. The number of benzene rings is 1. The Kier molecular flexibility index (Phi) is 4.10. The Morgan fingerprint density at radius 2 is 1.88 bits per heavy atom. The van der Waals surface area contributed by atoms with Crippen LogP contribution in [0.4, 0.5) is 18.3 Å². The molecule has 2 aromatic heterocycles. The summed E-state index contributed by atoms with van der Waals surface area (Å²) < 4.78 is 38.1. The van der Waals surface area contributed by atoms with Gasteiger partial charge >= 0.3 is 6.18 Å². The fraction of sp³-hybridized carbons (Fsp3) is 0.294. The van der Waals surface area contributed by atoms with Gasteiger partial charge < -0.3 is 14.8 Å². The molecule has 1 amide bonds. The van der Waals surface area contributed by atoms with Gasteiger partial charge in [0.05, 0.1) is 6.20 Å². The Balaban J connectivity index is 1.43. The number of nitrogens with zero attached hydrogens (tertiary/aromatic N) is 3. The molecule has 3 heterocycles. The van der Waals surface area contributed by atoms with Gasteiger partial charge in [-0.2, -0.15) is 13.2 Å². The third-order valence-corrected chi connectivity index (χ3v) is 5.47. The number of thiazole rings is 1. The third kappa shape index (κ3) is 3.14. The molecule has 136 valence electrons. The second-order valence-electron chi connectivity index (χ2n) is 6.05. The first kappa shape index (κ1) is 16.9. The average molecular weight is 380 g/mol. The largest absolute Gasteiger partial charge is 0.427 e. The van der Waals surface area contributed by atoms with Gasteiger partial charge in [0, 0.05) is 37.1 Å². The van der Waals surface area contributed by atoms with Crippen LogP contribution in [0.5, 0.6) is 0 Å². The number of rotatable bonds is 2. The Bertz CT molecular complexity index is 908. The molecule has 1 fully saturated rings. The van der Waals surface area contributed by atoms with E-state index in [1.54, 1.807) is 9.80 Å². The van der Waals surface area contributed by atoms with Crippen molar-refractivity contribution in [2.24, 2.45) is 0 Å².